The molecule has 0 aliphatic carbocycles. The molecule has 0 radical (unpaired) electrons. The molecule has 0 heterocycles. The van der Waals surface area contributed by atoms with Crippen molar-refractivity contribution in [3.05, 3.63) is 12.0 Å². The molecule has 0 aromatic carbocycles. The molecule has 3 nitrogen and oxygen atoms in total. The molecular formula is C11H24O3Si. The molecule has 3 N–H and O–H groups in total. The summed E-state index contributed by atoms with van der Waals surface area (Å²) in [5.41, 5.74) is -0.361. The van der Waals surface area contributed by atoms with Gasteiger partial charge >= 0.3 is 0 Å². The van der Waals surface area contributed by atoms with E-state index in [-0.39, 0.29) is 16.5 Å². The van der Waals surface area contributed by atoms with Gasteiger partial charge in [-0.25, -0.2) is 0 Å². The highest BCUT2D eigenvalue weighted by atomic mass is 28.3. The normalized spacial score (nSPS) is 16.5. The van der Waals surface area contributed by atoms with Crippen LogP contribution in [-0.2, 0) is 0 Å². The van der Waals surface area contributed by atoms with Crippen molar-refractivity contribution < 1.29 is 15.3 Å². The molecule has 4 heteroatoms. The van der Waals surface area contributed by atoms with Gasteiger partial charge in [-0.3, -0.25) is 0 Å². The molecule has 15 heavy (non-hydrogen) atoms. The Morgan fingerprint density at radius 2 is 1.80 bits per heavy atom. The van der Waals surface area contributed by atoms with Crippen LogP contribution in [-0.4, -0.2) is 29.1 Å². The standard InChI is InChI=1S/C11H24O3Si/c1-11(2,3)15(4,5)10(14)7-6-9(13)8-12/h8,10,12-14H,6-7H2,1-5H3. The van der Waals surface area contributed by atoms with Gasteiger partial charge in [-0.1, -0.05) is 33.9 Å². The number of allylic oxidation sites excluding steroid dienone is 1. The van der Waals surface area contributed by atoms with Crippen LogP contribution in [0.2, 0.25) is 18.1 Å². The first-order valence-electron chi connectivity index (χ1n) is 5.33. The first-order valence-corrected chi connectivity index (χ1v) is 8.41. The lowest BCUT2D eigenvalue weighted by Gasteiger charge is -2.40. The van der Waals surface area contributed by atoms with Gasteiger partial charge in [0.1, 0.15) is 12.0 Å². The topological polar surface area (TPSA) is 60.7 Å². The molecule has 0 amide bonds. The van der Waals surface area contributed by atoms with Crippen molar-refractivity contribution in [3.8, 4) is 0 Å². The lowest BCUT2D eigenvalue weighted by atomic mass is 10.2. The monoisotopic (exact) mass is 232 g/mol. The number of aliphatic hydroxyl groups is 3. The van der Waals surface area contributed by atoms with Gasteiger partial charge in [0.15, 0.2) is 0 Å². The molecule has 0 saturated heterocycles. The predicted octanol–water partition coefficient (Wildman–Crippen LogP) is 3.13. The fourth-order valence-electron chi connectivity index (χ4n) is 1.21. The van der Waals surface area contributed by atoms with Crippen molar-refractivity contribution in [2.45, 2.75) is 57.5 Å². The second kappa shape index (κ2) is 5.03. The van der Waals surface area contributed by atoms with E-state index in [1.54, 1.807) is 0 Å². The highest BCUT2D eigenvalue weighted by Gasteiger charge is 2.41. The van der Waals surface area contributed by atoms with E-state index in [2.05, 4.69) is 33.9 Å². The van der Waals surface area contributed by atoms with Gasteiger partial charge in [0.2, 0.25) is 0 Å². The molecule has 0 aliphatic rings. The van der Waals surface area contributed by atoms with Crippen LogP contribution in [0.15, 0.2) is 12.0 Å². The van der Waals surface area contributed by atoms with E-state index in [4.69, 9.17) is 10.2 Å². The Kier molecular flexibility index (Phi) is 4.87. The summed E-state index contributed by atoms with van der Waals surface area (Å²) in [6.07, 6.45) is 1.54. The third kappa shape index (κ3) is 3.87. The summed E-state index contributed by atoms with van der Waals surface area (Å²) in [5.74, 6) is -0.0623. The zero-order valence-corrected chi connectivity index (χ0v) is 11.4. The Labute approximate surface area is 93.5 Å². The molecule has 0 aliphatic heterocycles. The molecule has 90 valence electrons. The van der Waals surface area contributed by atoms with E-state index in [0.29, 0.717) is 19.1 Å². The van der Waals surface area contributed by atoms with Crippen LogP contribution >= 0.6 is 0 Å². The Morgan fingerprint density at radius 1 is 1.33 bits per heavy atom. The zero-order chi connectivity index (χ0) is 12.3. The summed E-state index contributed by atoms with van der Waals surface area (Å²) in [7, 11) is -1.75. The number of rotatable bonds is 4. The quantitative estimate of drug-likeness (QED) is 0.515. The van der Waals surface area contributed by atoms with Crippen molar-refractivity contribution >= 4 is 8.07 Å². The van der Waals surface area contributed by atoms with E-state index in [1.165, 1.54) is 0 Å². The first kappa shape index (κ1) is 14.5. The predicted molar refractivity (Wildman–Crippen MR) is 65.8 cm³/mol. The molecule has 0 spiro atoms. The largest absolute Gasteiger partial charge is 0.512 e. The average molecular weight is 232 g/mol. The lowest BCUT2D eigenvalue weighted by Crippen LogP contribution is -2.49. The van der Waals surface area contributed by atoms with Gasteiger partial charge in [0.05, 0.1) is 8.07 Å². The van der Waals surface area contributed by atoms with Crippen LogP contribution in [0.3, 0.4) is 0 Å². The van der Waals surface area contributed by atoms with Gasteiger partial charge < -0.3 is 15.3 Å². The molecule has 1 unspecified atom stereocenters. The molecule has 0 fully saturated rings. The summed E-state index contributed by atoms with van der Waals surface area (Å²) in [6.45, 7) is 10.7. The smallest absolute Gasteiger partial charge is 0.126 e. The van der Waals surface area contributed by atoms with Crippen molar-refractivity contribution in [2.75, 3.05) is 0 Å². The first-order chi connectivity index (χ1) is 6.63. The third-order valence-electron chi connectivity index (χ3n) is 3.59. The highest BCUT2D eigenvalue weighted by Crippen LogP contribution is 2.39. The molecule has 0 aromatic rings. The summed E-state index contributed by atoms with van der Waals surface area (Å²) in [4.78, 5) is 0. The maximum absolute atomic E-state index is 10.1. The maximum Gasteiger partial charge on any atom is 0.126 e. The third-order valence-corrected chi connectivity index (χ3v) is 9.41. The van der Waals surface area contributed by atoms with E-state index >= 15 is 0 Å². The minimum absolute atomic E-state index is 0.0623. The van der Waals surface area contributed by atoms with Gasteiger partial charge in [0.25, 0.3) is 0 Å². The Bertz CT molecular complexity index is 228. The number of hydrogen-bond donors (Lipinski definition) is 3. The SMILES string of the molecule is CC(C)(C)[Si](C)(C)C(O)CCC(O)=CO. The van der Waals surface area contributed by atoms with Gasteiger partial charge in [-0.15, -0.1) is 0 Å². The van der Waals surface area contributed by atoms with E-state index < -0.39 is 8.07 Å². The number of hydrogen-bond acceptors (Lipinski definition) is 3. The fourth-order valence-corrected chi connectivity index (χ4v) is 3.08. The van der Waals surface area contributed by atoms with Crippen molar-refractivity contribution in [1.29, 1.82) is 0 Å². The van der Waals surface area contributed by atoms with Crippen LogP contribution in [0, 0.1) is 0 Å². The second-order valence-electron chi connectivity index (χ2n) is 5.65. The maximum atomic E-state index is 10.1. The lowest BCUT2D eigenvalue weighted by molar-refractivity contribution is 0.217. The molecule has 0 bridgehead atoms. The van der Waals surface area contributed by atoms with Crippen molar-refractivity contribution in [1.82, 2.24) is 0 Å². The second-order valence-corrected chi connectivity index (χ2v) is 11.3. The molecule has 0 rings (SSSR count). The minimum Gasteiger partial charge on any atom is -0.512 e. The Morgan fingerprint density at radius 3 is 2.13 bits per heavy atom. The number of aliphatic hydroxyl groups excluding tert-OH is 3. The van der Waals surface area contributed by atoms with Gasteiger partial charge in [-0.05, 0) is 11.5 Å². The molecule has 0 saturated carbocycles. The van der Waals surface area contributed by atoms with Crippen LogP contribution in [0.25, 0.3) is 0 Å². The average Bonchev–Trinajstić information content (AvgIpc) is 2.11. The van der Waals surface area contributed by atoms with E-state index in [0.717, 1.165) is 0 Å². The fraction of sp³-hybridized carbons (Fsp3) is 0.818. The van der Waals surface area contributed by atoms with Gasteiger partial charge in [-0.2, -0.15) is 0 Å². The summed E-state index contributed by atoms with van der Waals surface area (Å²) >= 11 is 0. The summed E-state index contributed by atoms with van der Waals surface area (Å²) in [6, 6.07) is 0. The zero-order valence-electron chi connectivity index (χ0n) is 10.4. The summed E-state index contributed by atoms with van der Waals surface area (Å²) in [5, 5.41) is 27.8. The summed E-state index contributed by atoms with van der Waals surface area (Å²) < 4.78 is 0. The molecular weight excluding hydrogens is 208 g/mol. The van der Waals surface area contributed by atoms with Crippen molar-refractivity contribution in [2.24, 2.45) is 0 Å². The molecule has 0 aromatic heterocycles. The highest BCUT2D eigenvalue weighted by molar-refractivity contribution is 6.81. The Balaban J connectivity index is 4.39. The molecule has 1 atom stereocenters. The van der Waals surface area contributed by atoms with Crippen LogP contribution < -0.4 is 0 Å². The van der Waals surface area contributed by atoms with Gasteiger partial charge in [0, 0.05) is 12.1 Å². The van der Waals surface area contributed by atoms with E-state index in [9.17, 15) is 5.11 Å². The van der Waals surface area contributed by atoms with Crippen LogP contribution in [0.4, 0.5) is 0 Å². The Hall–Kier alpha value is -0.483. The van der Waals surface area contributed by atoms with Crippen molar-refractivity contribution in [3.63, 3.8) is 0 Å². The minimum atomic E-state index is -1.75. The van der Waals surface area contributed by atoms with E-state index in [1.807, 2.05) is 0 Å². The van der Waals surface area contributed by atoms with Crippen LogP contribution in [0.5, 0.6) is 0 Å². The van der Waals surface area contributed by atoms with Crippen LogP contribution in [0.1, 0.15) is 33.6 Å².